The number of aliphatic hydroxyl groups is 1. The highest BCUT2D eigenvalue weighted by Gasteiger charge is 2.40. The van der Waals surface area contributed by atoms with E-state index in [0.29, 0.717) is 18.1 Å². The molecule has 4 heteroatoms. The molecule has 0 aliphatic rings. The number of methoxy groups -OCH3 is 2. The summed E-state index contributed by atoms with van der Waals surface area (Å²) in [4.78, 5) is 0. The minimum Gasteiger partial charge on any atom is -0.493 e. The van der Waals surface area contributed by atoms with Crippen LogP contribution in [0.1, 0.15) is 42.4 Å². The van der Waals surface area contributed by atoms with Crippen molar-refractivity contribution in [1.82, 2.24) is 0 Å². The quantitative estimate of drug-likeness (QED) is 0.308. The number of benzene rings is 3. The highest BCUT2D eigenvalue weighted by Crippen LogP contribution is 2.47. The molecular formula is C27H32O4. The van der Waals surface area contributed by atoms with Crippen molar-refractivity contribution < 1.29 is 19.3 Å². The fourth-order valence-corrected chi connectivity index (χ4v) is 4.02. The predicted octanol–water partition coefficient (Wildman–Crippen LogP) is 5.57. The molecule has 0 saturated heterocycles. The lowest BCUT2D eigenvalue weighted by Crippen LogP contribution is -2.34. The van der Waals surface area contributed by atoms with Gasteiger partial charge in [-0.3, -0.25) is 0 Å². The van der Waals surface area contributed by atoms with Gasteiger partial charge in [-0.05, 0) is 30.0 Å². The van der Waals surface area contributed by atoms with E-state index < -0.39 is 5.60 Å². The molecule has 0 atom stereocenters. The van der Waals surface area contributed by atoms with E-state index in [9.17, 15) is 0 Å². The smallest absolute Gasteiger partial charge is 0.167 e. The number of unbranched alkanes of at least 4 members (excludes halogenated alkanes) is 3. The highest BCUT2D eigenvalue weighted by atomic mass is 16.5. The van der Waals surface area contributed by atoms with Crippen molar-refractivity contribution in [2.45, 2.75) is 31.3 Å². The maximum absolute atomic E-state index is 9.05. The average Bonchev–Trinajstić information content (AvgIpc) is 2.84. The first-order chi connectivity index (χ1) is 15.3. The predicted molar refractivity (Wildman–Crippen MR) is 124 cm³/mol. The SMILES string of the molecule is COc1cccc(C(OCCCCCCO)(c2ccccc2)c2ccccc2)c1OC. The van der Waals surface area contributed by atoms with Crippen LogP contribution in [-0.2, 0) is 10.3 Å². The van der Waals surface area contributed by atoms with Gasteiger partial charge in [0, 0.05) is 18.8 Å². The van der Waals surface area contributed by atoms with Crippen LogP contribution >= 0.6 is 0 Å². The van der Waals surface area contributed by atoms with Gasteiger partial charge in [0.05, 0.1) is 14.2 Å². The minimum atomic E-state index is -0.848. The maximum atomic E-state index is 9.05. The molecule has 3 aromatic carbocycles. The van der Waals surface area contributed by atoms with Crippen molar-refractivity contribution in [3.63, 3.8) is 0 Å². The van der Waals surface area contributed by atoms with Crippen LogP contribution in [0.3, 0.4) is 0 Å². The molecule has 1 N–H and O–H groups in total. The number of aliphatic hydroxyl groups excluding tert-OH is 1. The zero-order chi connectivity index (χ0) is 21.9. The monoisotopic (exact) mass is 420 g/mol. The third-order valence-corrected chi connectivity index (χ3v) is 5.51. The zero-order valence-electron chi connectivity index (χ0n) is 18.4. The van der Waals surface area contributed by atoms with Gasteiger partial charge in [-0.1, -0.05) is 85.6 Å². The Balaban J connectivity index is 2.14. The summed E-state index contributed by atoms with van der Waals surface area (Å²) in [6, 6.07) is 26.5. The minimum absolute atomic E-state index is 0.236. The molecule has 0 saturated carbocycles. The summed E-state index contributed by atoms with van der Waals surface area (Å²) < 4.78 is 18.3. The maximum Gasteiger partial charge on any atom is 0.167 e. The largest absolute Gasteiger partial charge is 0.493 e. The van der Waals surface area contributed by atoms with E-state index in [1.54, 1.807) is 14.2 Å². The van der Waals surface area contributed by atoms with E-state index in [0.717, 1.165) is 42.4 Å². The first-order valence-electron chi connectivity index (χ1n) is 10.8. The van der Waals surface area contributed by atoms with Crippen molar-refractivity contribution in [3.8, 4) is 11.5 Å². The lowest BCUT2D eigenvalue weighted by atomic mass is 9.79. The molecule has 0 spiro atoms. The Morgan fingerprint density at radius 3 is 1.84 bits per heavy atom. The van der Waals surface area contributed by atoms with Crippen LogP contribution in [0.5, 0.6) is 11.5 Å². The van der Waals surface area contributed by atoms with Crippen LogP contribution < -0.4 is 9.47 Å². The second-order valence-corrected chi connectivity index (χ2v) is 7.44. The number of para-hydroxylation sites is 1. The number of hydrogen-bond donors (Lipinski definition) is 1. The molecule has 0 bridgehead atoms. The molecule has 0 amide bonds. The van der Waals surface area contributed by atoms with Crippen molar-refractivity contribution in [1.29, 1.82) is 0 Å². The number of rotatable bonds is 12. The molecule has 0 aromatic heterocycles. The third kappa shape index (κ3) is 5.09. The first kappa shape index (κ1) is 22.9. The fraction of sp³-hybridized carbons (Fsp3) is 0.333. The topological polar surface area (TPSA) is 47.9 Å². The molecule has 3 rings (SSSR count). The van der Waals surface area contributed by atoms with Crippen molar-refractivity contribution in [3.05, 3.63) is 95.6 Å². The molecular weight excluding hydrogens is 388 g/mol. The van der Waals surface area contributed by atoms with Crippen molar-refractivity contribution >= 4 is 0 Å². The van der Waals surface area contributed by atoms with Crippen LogP contribution in [0.4, 0.5) is 0 Å². The Morgan fingerprint density at radius 1 is 0.677 bits per heavy atom. The number of ether oxygens (including phenoxy) is 3. The Kier molecular flexibility index (Phi) is 8.51. The van der Waals surface area contributed by atoms with Crippen LogP contribution in [0.2, 0.25) is 0 Å². The van der Waals surface area contributed by atoms with Crippen molar-refractivity contribution in [2.24, 2.45) is 0 Å². The normalized spacial score (nSPS) is 11.3. The number of hydrogen-bond acceptors (Lipinski definition) is 4. The van der Waals surface area contributed by atoms with E-state index in [1.165, 1.54) is 0 Å². The van der Waals surface area contributed by atoms with Crippen LogP contribution in [0.25, 0.3) is 0 Å². The summed E-state index contributed by atoms with van der Waals surface area (Å²) in [6.45, 7) is 0.815. The van der Waals surface area contributed by atoms with Gasteiger partial charge in [0.25, 0.3) is 0 Å². The average molecular weight is 421 g/mol. The van der Waals surface area contributed by atoms with Gasteiger partial charge in [-0.2, -0.15) is 0 Å². The van der Waals surface area contributed by atoms with E-state index in [1.807, 2.05) is 54.6 Å². The Hall–Kier alpha value is -2.82. The molecule has 0 unspecified atom stereocenters. The highest BCUT2D eigenvalue weighted by molar-refractivity contribution is 5.57. The molecule has 31 heavy (non-hydrogen) atoms. The Bertz CT molecular complexity index is 870. The third-order valence-electron chi connectivity index (χ3n) is 5.51. The van der Waals surface area contributed by atoms with Gasteiger partial charge >= 0.3 is 0 Å². The molecule has 0 aliphatic heterocycles. The lowest BCUT2D eigenvalue weighted by molar-refractivity contribution is 0.00878. The van der Waals surface area contributed by atoms with Crippen LogP contribution in [-0.4, -0.2) is 32.5 Å². The van der Waals surface area contributed by atoms with Gasteiger partial charge in [-0.25, -0.2) is 0 Å². The van der Waals surface area contributed by atoms with Crippen LogP contribution in [0, 0.1) is 0 Å². The summed E-state index contributed by atoms with van der Waals surface area (Å²) in [7, 11) is 3.31. The Morgan fingerprint density at radius 2 is 1.29 bits per heavy atom. The lowest BCUT2D eigenvalue weighted by Gasteiger charge is -2.37. The second-order valence-electron chi connectivity index (χ2n) is 7.44. The van der Waals surface area contributed by atoms with Crippen LogP contribution in [0.15, 0.2) is 78.9 Å². The van der Waals surface area contributed by atoms with E-state index in [-0.39, 0.29) is 6.61 Å². The summed E-state index contributed by atoms with van der Waals surface area (Å²) in [5.41, 5.74) is 2.12. The molecule has 4 nitrogen and oxygen atoms in total. The van der Waals surface area contributed by atoms with E-state index in [4.69, 9.17) is 19.3 Å². The molecule has 0 fully saturated rings. The van der Waals surface area contributed by atoms with E-state index in [2.05, 4.69) is 24.3 Å². The van der Waals surface area contributed by atoms with Gasteiger partial charge in [0.1, 0.15) is 5.60 Å². The molecule has 0 heterocycles. The molecule has 0 aliphatic carbocycles. The summed E-state index contributed by atoms with van der Waals surface area (Å²) in [5.74, 6) is 1.33. The van der Waals surface area contributed by atoms with Crippen molar-refractivity contribution in [2.75, 3.05) is 27.4 Å². The second kappa shape index (κ2) is 11.5. The summed E-state index contributed by atoms with van der Waals surface area (Å²) in [6.07, 6.45) is 3.74. The van der Waals surface area contributed by atoms with Gasteiger partial charge in [0.15, 0.2) is 11.5 Å². The summed E-state index contributed by atoms with van der Waals surface area (Å²) >= 11 is 0. The van der Waals surface area contributed by atoms with E-state index >= 15 is 0 Å². The van der Waals surface area contributed by atoms with Gasteiger partial charge in [0.2, 0.25) is 0 Å². The first-order valence-corrected chi connectivity index (χ1v) is 10.8. The fourth-order valence-electron chi connectivity index (χ4n) is 4.02. The molecule has 3 aromatic rings. The summed E-state index contributed by atoms with van der Waals surface area (Å²) in [5, 5.41) is 9.05. The van der Waals surface area contributed by atoms with Gasteiger partial charge in [-0.15, -0.1) is 0 Å². The molecule has 164 valence electrons. The Labute approximate surface area is 185 Å². The zero-order valence-corrected chi connectivity index (χ0v) is 18.4. The molecule has 0 radical (unpaired) electrons. The van der Waals surface area contributed by atoms with Gasteiger partial charge < -0.3 is 19.3 Å². The standard InChI is InChI=1S/C27H32O4/c1-29-25-19-13-18-24(26(25)30-2)27(22-14-7-5-8-15-22,23-16-9-6-10-17-23)31-21-12-4-3-11-20-28/h5-10,13-19,28H,3-4,11-12,20-21H2,1-2H3.